The summed E-state index contributed by atoms with van der Waals surface area (Å²) in [6.07, 6.45) is 2.86. The van der Waals surface area contributed by atoms with Crippen molar-refractivity contribution in [3.05, 3.63) is 28.5 Å². The Balaban J connectivity index is 2.83. The maximum atomic E-state index is 4.18. The molecule has 1 rings (SSSR count). The highest BCUT2D eigenvalue weighted by atomic mass is 79.9. The van der Waals surface area contributed by atoms with Gasteiger partial charge in [0.1, 0.15) is 4.60 Å². The Labute approximate surface area is 82.3 Å². The molecule has 0 aliphatic rings. The monoisotopic (exact) mass is 227 g/mol. The molecular weight excluding hydrogens is 214 g/mol. The van der Waals surface area contributed by atoms with Crippen LogP contribution in [0.15, 0.2) is 22.9 Å². The van der Waals surface area contributed by atoms with Crippen molar-refractivity contribution in [2.75, 3.05) is 0 Å². The summed E-state index contributed by atoms with van der Waals surface area (Å²) in [5, 5.41) is 0. The highest BCUT2D eigenvalue weighted by Crippen LogP contribution is 2.24. The summed E-state index contributed by atoms with van der Waals surface area (Å²) in [5.74, 6) is 0. The lowest BCUT2D eigenvalue weighted by molar-refractivity contribution is 0.410. The number of nitrogens with zero attached hydrogens (tertiary/aromatic N) is 1. The Bertz CT molecular complexity index is 263. The molecule has 1 heterocycles. The van der Waals surface area contributed by atoms with E-state index >= 15 is 0 Å². The van der Waals surface area contributed by atoms with Crippen LogP contribution in [0.3, 0.4) is 0 Å². The lowest BCUT2D eigenvalue weighted by Gasteiger charge is -2.18. The number of rotatable bonds is 1. The fourth-order valence-corrected chi connectivity index (χ4v) is 1.51. The predicted molar refractivity (Wildman–Crippen MR) is 55.1 cm³/mol. The molecule has 0 aromatic carbocycles. The van der Waals surface area contributed by atoms with Crippen LogP contribution in [0.4, 0.5) is 0 Å². The average molecular weight is 228 g/mol. The van der Waals surface area contributed by atoms with Gasteiger partial charge in [0.25, 0.3) is 0 Å². The van der Waals surface area contributed by atoms with Gasteiger partial charge in [-0.15, -0.1) is 0 Å². The van der Waals surface area contributed by atoms with E-state index in [0.29, 0.717) is 5.41 Å². The van der Waals surface area contributed by atoms with Crippen LogP contribution in [0.1, 0.15) is 26.3 Å². The van der Waals surface area contributed by atoms with Crippen LogP contribution in [-0.2, 0) is 6.42 Å². The van der Waals surface area contributed by atoms with Gasteiger partial charge in [0.2, 0.25) is 0 Å². The number of halogens is 1. The second-order valence-corrected chi connectivity index (χ2v) is 4.94. The molecule has 0 saturated heterocycles. The van der Waals surface area contributed by atoms with Crippen molar-refractivity contribution in [3.8, 4) is 0 Å². The number of aromatic nitrogens is 1. The summed E-state index contributed by atoms with van der Waals surface area (Å²) in [5.41, 5.74) is 1.61. The molecule has 12 heavy (non-hydrogen) atoms. The van der Waals surface area contributed by atoms with E-state index in [4.69, 9.17) is 0 Å². The Kier molecular flexibility index (Phi) is 2.89. The molecule has 1 aromatic rings. The third-order valence-corrected chi connectivity index (χ3v) is 2.27. The smallest absolute Gasteiger partial charge is 0.109 e. The van der Waals surface area contributed by atoms with E-state index in [2.05, 4.69) is 47.8 Å². The largest absolute Gasteiger partial charge is 0.249 e. The molecular formula is C10H14BrN. The van der Waals surface area contributed by atoms with Crippen molar-refractivity contribution >= 4 is 15.9 Å². The van der Waals surface area contributed by atoms with Crippen molar-refractivity contribution in [2.24, 2.45) is 5.41 Å². The van der Waals surface area contributed by atoms with E-state index in [-0.39, 0.29) is 0 Å². The zero-order valence-corrected chi connectivity index (χ0v) is 9.35. The standard InChI is InChI=1S/C10H14BrN/c1-10(2,3)7-8-5-4-6-12-9(8)11/h4-6H,7H2,1-3H3. The lowest BCUT2D eigenvalue weighted by atomic mass is 9.89. The van der Waals surface area contributed by atoms with Gasteiger partial charge >= 0.3 is 0 Å². The average Bonchev–Trinajstić information content (AvgIpc) is 1.91. The van der Waals surface area contributed by atoms with Crippen molar-refractivity contribution in [1.82, 2.24) is 4.98 Å². The lowest BCUT2D eigenvalue weighted by Crippen LogP contribution is -2.09. The van der Waals surface area contributed by atoms with E-state index in [0.717, 1.165) is 11.0 Å². The first-order valence-corrected chi connectivity index (χ1v) is 4.88. The summed E-state index contributed by atoms with van der Waals surface area (Å²) < 4.78 is 0.972. The van der Waals surface area contributed by atoms with E-state index in [1.807, 2.05) is 6.07 Å². The highest BCUT2D eigenvalue weighted by Gasteiger charge is 2.12. The third kappa shape index (κ3) is 2.94. The maximum absolute atomic E-state index is 4.18. The minimum Gasteiger partial charge on any atom is -0.249 e. The first-order chi connectivity index (χ1) is 5.49. The molecule has 0 aliphatic heterocycles. The van der Waals surface area contributed by atoms with E-state index < -0.39 is 0 Å². The first-order valence-electron chi connectivity index (χ1n) is 4.08. The molecule has 0 saturated carbocycles. The van der Waals surface area contributed by atoms with E-state index in [9.17, 15) is 0 Å². The second kappa shape index (κ2) is 3.56. The Hall–Kier alpha value is -0.370. The van der Waals surface area contributed by atoms with Crippen molar-refractivity contribution in [2.45, 2.75) is 27.2 Å². The molecule has 66 valence electrons. The molecule has 0 spiro atoms. The predicted octanol–water partition coefficient (Wildman–Crippen LogP) is 3.43. The topological polar surface area (TPSA) is 12.9 Å². The summed E-state index contributed by atoms with van der Waals surface area (Å²) >= 11 is 3.44. The van der Waals surface area contributed by atoms with Crippen LogP contribution >= 0.6 is 15.9 Å². The fraction of sp³-hybridized carbons (Fsp3) is 0.500. The zero-order chi connectivity index (χ0) is 9.19. The van der Waals surface area contributed by atoms with Crippen LogP contribution in [0.5, 0.6) is 0 Å². The minimum absolute atomic E-state index is 0.325. The van der Waals surface area contributed by atoms with Gasteiger partial charge in [-0.2, -0.15) is 0 Å². The SMILES string of the molecule is CC(C)(C)Cc1cccnc1Br. The summed E-state index contributed by atoms with van der Waals surface area (Å²) in [6, 6.07) is 4.09. The molecule has 0 amide bonds. The molecule has 2 heteroatoms. The Morgan fingerprint density at radius 2 is 2.08 bits per heavy atom. The van der Waals surface area contributed by atoms with Crippen LogP contribution in [0.2, 0.25) is 0 Å². The third-order valence-electron chi connectivity index (χ3n) is 1.56. The van der Waals surface area contributed by atoms with Crippen LogP contribution < -0.4 is 0 Å². The molecule has 0 fully saturated rings. The quantitative estimate of drug-likeness (QED) is 0.671. The highest BCUT2D eigenvalue weighted by molar-refractivity contribution is 9.10. The number of hydrogen-bond donors (Lipinski definition) is 0. The Morgan fingerprint density at radius 1 is 1.42 bits per heavy atom. The van der Waals surface area contributed by atoms with Gasteiger partial charge in [-0.1, -0.05) is 26.8 Å². The van der Waals surface area contributed by atoms with Gasteiger partial charge in [0.15, 0.2) is 0 Å². The number of hydrogen-bond acceptors (Lipinski definition) is 1. The minimum atomic E-state index is 0.325. The van der Waals surface area contributed by atoms with Gasteiger partial charge in [-0.05, 0) is 39.4 Å². The van der Waals surface area contributed by atoms with E-state index in [1.165, 1.54) is 5.56 Å². The van der Waals surface area contributed by atoms with Gasteiger partial charge in [-0.25, -0.2) is 4.98 Å². The summed E-state index contributed by atoms with van der Waals surface area (Å²) in [4.78, 5) is 4.18. The number of pyridine rings is 1. The second-order valence-electron chi connectivity index (χ2n) is 4.19. The van der Waals surface area contributed by atoms with Gasteiger partial charge < -0.3 is 0 Å². The molecule has 0 atom stereocenters. The fourth-order valence-electron chi connectivity index (χ4n) is 1.12. The summed E-state index contributed by atoms with van der Waals surface area (Å²) in [6.45, 7) is 6.69. The zero-order valence-electron chi connectivity index (χ0n) is 7.76. The first kappa shape index (κ1) is 9.72. The van der Waals surface area contributed by atoms with Gasteiger partial charge in [0.05, 0.1) is 0 Å². The van der Waals surface area contributed by atoms with Crippen LogP contribution in [0, 0.1) is 5.41 Å². The molecule has 0 unspecified atom stereocenters. The van der Waals surface area contributed by atoms with Gasteiger partial charge in [0, 0.05) is 6.20 Å². The normalized spacial score (nSPS) is 11.7. The van der Waals surface area contributed by atoms with Crippen LogP contribution in [0.25, 0.3) is 0 Å². The Morgan fingerprint density at radius 3 is 2.58 bits per heavy atom. The van der Waals surface area contributed by atoms with E-state index in [1.54, 1.807) is 6.20 Å². The van der Waals surface area contributed by atoms with Crippen LogP contribution in [-0.4, -0.2) is 4.98 Å². The molecule has 0 radical (unpaired) electrons. The van der Waals surface area contributed by atoms with Crippen molar-refractivity contribution in [3.63, 3.8) is 0 Å². The molecule has 0 bridgehead atoms. The van der Waals surface area contributed by atoms with Crippen molar-refractivity contribution < 1.29 is 0 Å². The molecule has 1 nitrogen and oxygen atoms in total. The molecule has 1 aromatic heterocycles. The molecule has 0 N–H and O–H groups in total. The maximum Gasteiger partial charge on any atom is 0.109 e. The van der Waals surface area contributed by atoms with Crippen molar-refractivity contribution in [1.29, 1.82) is 0 Å². The molecule has 0 aliphatic carbocycles. The van der Waals surface area contributed by atoms with Gasteiger partial charge in [-0.3, -0.25) is 0 Å². The summed E-state index contributed by atoms with van der Waals surface area (Å²) in [7, 11) is 0.